The number of hydrogen-bond acceptors (Lipinski definition) is 6. The first-order valence-corrected chi connectivity index (χ1v) is 9.72. The molecule has 6 nitrogen and oxygen atoms in total. The van der Waals surface area contributed by atoms with Crippen LogP contribution in [0.2, 0.25) is 0 Å². The van der Waals surface area contributed by atoms with Gasteiger partial charge in [-0.2, -0.15) is 0 Å². The molecule has 0 amide bonds. The number of fused-ring (bicyclic) bond motifs is 1. The molecule has 4 aromatic rings. The predicted molar refractivity (Wildman–Crippen MR) is 116 cm³/mol. The number of ketones is 1. The van der Waals surface area contributed by atoms with Crippen molar-refractivity contribution >= 4 is 16.8 Å². The molecule has 0 aliphatic heterocycles. The lowest BCUT2D eigenvalue weighted by molar-refractivity contribution is 0.0745. The molecule has 0 radical (unpaired) electrons. The lowest BCUT2D eigenvalue weighted by Gasteiger charge is -2.17. The second-order valence-corrected chi connectivity index (χ2v) is 7.32. The highest BCUT2D eigenvalue weighted by molar-refractivity contribution is 6.15. The zero-order valence-corrected chi connectivity index (χ0v) is 16.7. The molecule has 6 heteroatoms. The molecule has 0 bridgehead atoms. The highest BCUT2D eigenvalue weighted by Gasteiger charge is 2.29. The number of phenols is 2. The monoisotopic (exact) mass is 416 g/mol. The summed E-state index contributed by atoms with van der Waals surface area (Å²) in [5.74, 6) is -1.64. The number of aliphatic hydroxyl groups is 1. The maximum Gasteiger partial charge on any atom is 0.336 e. The molecular formula is C25H20O6. The summed E-state index contributed by atoms with van der Waals surface area (Å²) in [4.78, 5) is 25.5. The number of aliphatic hydroxyl groups excluding tert-OH is 1. The Morgan fingerprint density at radius 1 is 0.968 bits per heavy atom. The van der Waals surface area contributed by atoms with E-state index in [1.807, 2.05) is 12.1 Å². The van der Waals surface area contributed by atoms with Crippen LogP contribution in [0, 0.1) is 6.92 Å². The molecule has 156 valence electrons. The highest BCUT2D eigenvalue weighted by atomic mass is 16.4. The normalized spacial score (nSPS) is 12.1. The molecule has 0 spiro atoms. The first-order chi connectivity index (χ1) is 14.9. The molecule has 3 N–H and O–H groups in total. The van der Waals surface area contributed by atoms with Crippen molar-refractivity contribution in [3.8, 4) is 22.6 Å². The summed E-state index contributed by atoms with van der Waals surface area (Å²) in [6, 6.07) is 19.0. The highest BCUT2D eigenvalue weighted by Crippen LogP contribution is 2.43. The van der Waals surface area contributed by atoms with Crippen LogP contribution in [-0.2, 0) is 6.42 Å². The third-order valence-electron chi connectivity index (χ3n) is 5.28. The molecule has 1 aromatic heterocycles. The van der Waals surface area contributed by atoms with E-state index in [9.17, 15) is 24.9 Å². The van der Waals surface area contributed by atoms with Crippen LogP contribution in [0.4, 0.5) is 0 Å². The molecule has 4 rings (SSSR count). The molecule has 0 saturated heterocycles. The van der Waals surface area contributed by atoms with Crippen LogP contribution in [0.3, 0.4) is 0 Å². The first kappa shape index (κ1) is 20.4. The molecule has 0 saturated carbocycles. The van der Waals surface area contributed by atoms with E-state index in [2.05, 4.69) is 0 Å². The molecule has 0 aliphatic carbocycles. The van der Waals surface area contributed by atoms with Crippen molar-refractivity contribution in [1.29, 1.82) is 0 Å². The molecule has 31 heavy (non-hydrogen) atoms. The molecule has 0 aliphatic rings. The third kappa shape index (κ3) is 3.69. The largest absolute Gasteiger partial charge is 0.507 e. The molecule has 1 atom stereocenters. The van der Waals surface area contributed by atoms with Gasteiger partial charge in [-0.05, 0) is 18.1 Å². The van der Waals surface area contributed by atoms with Crippen molar-refractivity contribution in [3.63, 3.8) is 0 Å². The van der Waals surface area contributed by atoms with Gasteiger partial charge in [0.15, 0.2) is 11.4 Å². The smallest absolute Gasteiger partial charge is 0.336 e. The zero-order chi connectivity index (χ0) is 22.1. The fourth-order valence-corrected chi connectivity index (χ4v) is 3.67. The fourth-order valence-electron chi connectivity index (χ4n) is 3.67. The van der Waals surface area contributed by atoms with Gasteiger partial charge in [0.25, 0.3) is 0 Å². The summed E-state index contributed by atoms with van der Waals surface area (Å²) in [7, 11) is 0. The number of Topliss-reactive ketones (excluding diaryl/α,β-unsaturated/α-hetero) is 1. The number of carbonyl (C=O) groups is 1. The summed E-state index contributed by atoms with van der Waals surface area (Å²) in [6.07, 6.45) is -1.46. The van der Waals surface area contributed by atoms with Gasteiger partial charge in [-0.3, -0.25) is 4.79 Å². The molecule has 3 aromatic carbocycles. The van der Waals surface area contributed by atoms with Crippen molar-refractivity contribution in [3.05, 3.63) is 93.8 Å². The maximum atomic E-state index is 13.2. The fraction of sp³-hybridized carbons (Fsp3) is 0.120. The van der Waals surface area contributed by atoms with Crippen LogP contribution in [0.1, 0.15) is 21.5 Å². The Hall–Kier alpha value is -3.90. The van der Waals surface area contributed by atoms with Crippen LogP contribution in [0.5, 0.6) is 11.5 Å². The third-order valence-corrected chi connectivity index (χ3v) is 5.28. The lowest BCUT2D eigenvalue weighted by Crippen LogP contribution is -2.24. The van der Waals surface area contributed by atoms with E-state index < -0.39 is 23.3 Å². The molecule has 0 fully saturated rings. The van der Waals surface area contributed by atoms with Crippen LogP contribution in [-0.4, -0.2) is 27.2 Å². The van der Waals surface area contributed by atoms with Gasteiger partial charge in [-0.15, -0.1) is 0 Å². The Balaban J connectivity index is 1.94. The van der Waals surface area contributed by atoms with Gasteiger partial charge in [0.2, 0.25) is 0 Å². The topological polar surface area (TPSA) is 108 Å². The van der Waals surface area contributed by atoms with E-state index in [0.29, 0.717) is 11.1 Å². The number of benzene rings is 3. The van der Waals surface area contributed by atoms with Crippen molar-refractivity contribution in [2.45, 2.75) is 19.4 Å². The van der Waals surface area contributed by atoms with Gasteiger partial charge in [-0.25, -0.2) is 4.79 Å². The summed E-state index contributed by atoms with van der Waals surface area (Å²) in [6.45, 7) is 1.45. The maximum absolute atomic E-state index is 13.2. The standard InChI is InChI=1S/C25H20O6/c1-14-22(28)20-17(16-10-6-3-7-11-16)13-19(27)31-25(20)21(23(14)29)24(30)18(26)12-15-8-4-2-5-9-15/h2-11,13,18,26,28-29H,12H2,1H3/t18-/m1/s1. The van der Waals surface area contributed by atoms with Gasteiger partial charge >= 0.3 is 5.63 Å². The predicted octanol–water partition coefficient (Wildman–Crippen LogP) is 3.97. The van der Waals surface area contributed by atoms with Crippen molar-refractivity contribution in [1.82, 2.24) is 0 Å². The van der Waals surface area contributed by atoms with Gasteiger partial charge < -0.3 is 19.7 Å². The zero-order valence-electron chi connectivity index (χ0n) is 16.7. The van der Waals surface area contributed by atoms with E-state index in [1.54, 1.807) is 48.5 Å². The van der Waals surface area contributed by atoms with E-state index in [0.717, 1.165) is 5.56 Å². The minimum Gasteiger partial charge on any atom is -0.507 e. The molecule has 1 heterocycles. The Labute approximate surface area is 177 Å². The van der Waals surface area contributed by atoms with Gasteiger partial charge in [0.05, 0.1) is 5.39 Å². The Kier molecular flexibility index (Phi) is 5.31. The van der Waals surface area contributed by atoms with Gasteiger partial charge in [0, 0.05) is 23.6 Å². The molecule has 0 unspecified atom stereocenters. The average molecular weight is 416 g/mol. The molecular weight excluding hydrogens is 396 g/mol. The minimum atomic E-state index is -1.48. The van der Waals surface area contributed by atoms with E-state index >= 15 is 0 Å². The number of phenolic OH excluding ortho intramolecular Hbond substituents is 2. The minimum absolute atomic E-state index is 0.0170. The van der Waals surface area contributed by atoms with E-state index in [1.165, 1.54) is 13.0 Å². The van der Waals surface area contributed by atoms with E-state index in [4.69, 9.17) is 4.42 Å². The number of carbonyl (C=O) groups excluding carboxylic acids is 1. The lowest BCUT2D eigenvalue weighted by atomic mass is 9.92. The Bertz CT molecular complexity index is 1320. The van der Waals surface area contributed by atoms with Crippen molar-refractivity contribution in [2.75, 3.05) is 0 Å². The second-order valence-electron chi connectivity index (χ2n) is 7.32. The van der Waals surface area contributed by atoms with Crippen LogP contribution in [0.15, 0.2) is 75.9 Å². The Morgan fingerprint density at radius 2 is 1.58 bits per heavy atom. The van der Waals surface area contributed by atoms with Gasteiger partial charge in [0.1, 0.15) is 23.2 Å². The number of hydrogen-bond donors (Lipinski definition) is 3. The summed E-state index contributed by atoms with van der Waals surface area (Å²) in [5.41, 5.74) is 0.430. The Morgan fingerprint density at radius 3 is 2.23 bits per heavy atom. The summed E-state index contributed by atoms with van der Waals surface area (Å²) < 4.78 is 5.29. The van der Waals surface area contributed by atoms with Gasteiger partial charge in [-0.1, -0.05) is 60.7 Å². The SMILES string of the molecule is Cc1c(O)c(C(=O)[C@H](O)Cc2ccccc2)c2oc(=O)cc(-c3ccccc3)c2c1O. The quantitative estimate of drug-likeness (QED) is 0.336. The van der Waals surface area contributed by atoms with E-state index in [-0.39, 0.29) is 34.3 Å². The van der Waals surface area contributed by atoms with Crippen LogP contribution < -0.4 is 5.63 Å². The average Bonchev–Trinajstić information content (AvgIpc) is 2.78. The van der Waals surface area contributed by atoms with Crippen LogP contribution in [0.25, 0.3) is 22.1 Å². The van der Waals surface area contributed by atoms with Crippen molar-refractivity contribution in [2.24, 2.45) is 0 Å². The number of aromatic hydroxyl groups is 2. The van der Waals surface area contributed by atoms with Crippen LogP contribution >= 0.6 is 0 Å². The number of rotatable bonds is 5. The second kappa shape index (κ2) is 8.08. The summed E-state index contributed by atoms with van der Waals surface area (Å²) in [5, 5.41) is 32.1. The first-order valence-electron chi connectivity index (χ1n) is 9.72. The summed E-state index contributed by atoms with van der Waals surface area (Å²) >= 11 is 0. The van der Waals surface area contributed by atoms with Crippen molar-refractivity contribution < 1.29 is 24.5 Å².